The quantitative estimate of drug-likeness (QED) is 0.703. The fourth-order valence-electron chi connectivity index (χ4n) is 2.21. The van der Waals surface area contributed by atoms with Crippen LogP contribution in [0, 0.1) is 0 Å². The number of carboxylic acid groups (broad SMARTS) is 2. The zero-order chi connectivity index (χ0) is 20.1. The van der Waals surface area contributed by atoms with Gasteiger partial charge in [-0.15, -0.1) is 0 Å². The van der Waals surface area contributed by atoms with E-state index in [0.717, 1.165) is 11.1 Å². The van der Waals surface area contributed by atoms with Crippen molar-refractivity contribution in [3.8, 4) is 0 Å². The molecule has 0 N–H and O–H groups in total. The molecule has 4 nitrogen and oxygen atoms in total. The molecule has 0 fully saturated rings. The maximum atomic E-state index is 10.5. The van der Waals surface area contributed by atoms with Gasteiger partial charge in [0.25, 0.3) is 0 Å². The fourth-order valence-corrected chi connectivity index (χ4v) is 2.21. The summed E-state index contributed by atoms with van der Waals surface area (Å²) in [6.07, 6.45) is 0. The maximum Gasteiger partial charge on any atom is 2.00 e. The van der Waals surface area contributed by atoms with Gasteiger partial charge in [0.1, 0.15) is 0 Å². The minimum absolute atomic E-state index is 0. The van der Waals surface area contributed by atoms with Gasteiger partial charge in [-0.05, 0) is 33.1 Å². The van der Waals surface area contributed by atoms with Crippen LogP contribution in [0.1, 0.15) is 73.4 Å². The van der Waals surface area contributed by atoms with Crippen molar-refractivity contribution in [3.63, 3.8) is 0 Å². The van der Waals surface area contributed by atoms with Gasteiger partial charge in [0.15, 0.2) is 0 Å². The molecule has 0 saturated heterocycles. The summed E-state index contributed by atoms with van der Waals surface area (Å²) >= 11 is 0. The van der Waals surface area contributed by atoms with E-state index in [-0.39, 0.29) is 39.0 Å². The molecule has 0 aliphatic rings. The first kappa shape index (κ1) is 24.9. The standard InChI is InChI=1S/2C11H14O2.Cu/c2*1-11(2,3)9-6-4-8(5-7-9)10(12)13;/h2*4-7H,1-3H3,(H,12,13);/q;;+2/p-2. The zero-order valence-electron chi connectivity index (χ0n) is 16.6. The molecule has 0 spiro atoms. The monoisotopic (exact) mass is 417 g/mol. The molecule has 0 saturated carbocycles. The van der Waals surface area contributed by atoms with Gasteiger partial charge in [-0.25, -0.2) is 0 Å². The van der Waals surface area contributed by atoms with Crippen LogP contribution >= 0.6 is 0 Å². The van der Waals surface area contributed by atoms with E-state index < -0.39 is 11.9 Å². The summed E-state index contributed by atoms with van der Waals surface area (Å²) in [5.74, 6) is -2.25. The van der Waals surface area contributed by atoms with Gasteiger partial charge in [-0.1, -0.05) is 90.1 Å². The predicted molar refractivity (Wildman–Crippen MR) is 98.9 cm³/mol. The maximum absolute atomic E-state index is 10.5. The number of hydrogen-bond donors (Lipinski definition) is 0. The van der Waals surface area contributed by atoms with E-state index >= 15 is 0 Å². The Hall–Kier alpha value is -2.10. The molecule has 2 rings (SSSR count). The number of carbonyl (C=O) groups excluding carboxylic acids is 2. The summed E-state index contributed by atoms with van der Waals surface area (Å²) in [5, 5.41) is 20.9. The van der Waals surface area contributed by atoms with Crippen molar-refractivity contribution >= 4 is 11.9 Å². The Bertz CT molecular complexity index is 681. The number of carboxylic acids is 2. The smallest absolute Gasteiger partial charge is 0.545 e. The molecule has 5 heteroatoms. The number of carbonyl (C=O) groups is 2. The molecule has 2 aromatic carbocycles. The molecule has 0 unspecified atom stereocenters. The predicted octanol–water partition coefficient (Wildman–Crippen LogP) is 2.69. The van der Waals surface area contributed by atoms with Gasteiger partial charge in [0, 0.05) is 0 Å². The first-order valence-electron chi connectivity index (χ1n) is 8.46. The second-order valence-corrected chi connectivity index (χ2v) is 8.23. The van der Waals surface area contributed by atoms with Gasteiger partial charge in [-0.3, -0.25) is 0 Å². The van der Waals surface area contributed by atoms with E-state index in [1.807, 2.05) is 24.3 Å². The third-order valence-electron chi connectivity index (χ3n) is 3.97. The normalized spacial score (nSPS) is 10.9. The van der Waals surface area contributed by atoms with Crippen LogP contribution in [-0.4, -0.2) is 11.9 Å². The van der Waals surface area contributed by atoms with Crippen molar-refractivity contribution in [2.24, 2.45) is 0 Å². The molecule has 1 radical (unpaired) electrons. The number of aromatic carboxylic acids is 2. The minimum atomic E-state index is -1.12. The van der Waals surface area contributed by atoms with Crippen LogP contribution in [-0.2, 0) is 27.9 Å². The van der Waals surface area contributed by atoms with E-state index in [4.69, 9.17) is 0 Å². The summed E-state index contributed by atoms with van der Waals surface area (Å²) in [4.78, 5) is 20.9. The van der Waals surface area contributed by atoms with Crippen molar-refractivity contribution in [1.82, 2.24) is 0 Å². The average molecular weight is 418 g/mol. The van der Waals surface area contributed by atoms with Crippen molar-refractivity contribution in [2.45, 2.75) is 52.4 Å². The third kappa shape index (κ3) is 7.98. The first-order valence-corrected chi connectivity index (χ1v) is 8.46. The number of hydrogen-bond acceptors (Lipinski definition) is 4. The summed E-state index contributed by atoms with van der Waals surface area (Å²) in [6, 6.07) is 13.6. The van der Waals surface area contributed by atoms with E-state index in [0.29, 0.717) is 0 Å². The summed E-state index contributed by atoms with van der Waals surface area (Å²) < 4.78 is 0. The summed E-state index contributed by atoms with van der Waals surface area (Å²) in [5.41, 5.74) is 2.82. The zero-order valence-corrected chi connectivity index (χ0v) is 17.5. The molecule has 0 amide bonds. The molecular formula is C22H26CuO4. The van der Waals surface area contributed by atoms with E-state index in [2.05, 4.69) is 41.5 Å². The average Bonchev–Trinajstić information content (AvgIpc) is 2.54. The summed E-state index contributed by atoms with van der Waals surface area (Å²) in [7, 11) is 0. The molecule has 0 heterocycles. The molecule has 0 aromatic heterocycles. The molecule has 149 valence electrons. The SMILES string of the molecule is CC(C)(C)c1ccc(C(=O)[O-])cc1.CC(C)(C)c1ccc(C(=O)[O-])cc1.[Cu+2]. The minimum Gasteiger partial charge on any atom is -0.545 e. The Morgan fingerprint density at radius 3 is 0.963 bits per heavy atom. The van der Waals surface area contributed by atoms with E-state index in [9.17, 15) is 19.8 Å². The topological polar surface area (TPSA) is 80.3 Å². The van der Waals surface area contributed by atoms with Gasteiger partial charge < -0.3 is 19.8 Å². The largest absolute Gasteiger partial charge is 2.00 e. The van der Waals surface area contributed by atoms with Gasteiger partial charge in [0.2, 0.25) is 0 Å². The molecule has 0 aliphatic heterocycles. The van der Waals surface area contributed by atoms with Crippen molar-refractivity contribution in [3.05, 3.63) is 70.8 Å². The molecule has 0 bridgehead atoms. The van der Waals surface area contributed by atoms with Crippen molar-refractivity contribution < 1.29 is 36.9 Å². The first-order chi connectivity index (χ1) is 11.8. The second kappa shape index (κ2) is 9.72. The van der Waals surface area contributed by atoms with Crippen LogP contribution < -0.4 is 10.2 Å². The van der Waals surface area contributed by atoms with Crippen molar-refractivity contribution in [1.29, 1.82) is 0 Å². The molecule has 0 aliphatic carbocycles. The van der Waals surface area contributed by atoms with Crippen LogP contribution in [0.5, 0.6) is 0 Å². The second-order valence-electron chi connectivity index (χ2n) is 8.23. The van der Waals surface area contributed by atoms with Crippen LogP contribution in [0.3, 0.4) is 0 Å². The molecule has 27 heavy (non-hydrogen) atoms. The fraction of sp³-hybridized carbons (Fsp3) is 0.364. The third-order valence-corrected chi connectivity index (χ3v) is 3.97. The van der Waals surface area contributed by atoms with E-state index in [1.54, 1.807) is 24.3 Å². The Morgan fingerprint density at radius 1 is 0.593 bits per heavy atom. The molecular weight excluding hydrogens is 392 g/mol. The Kier molecular flexibility index (Phi) is 8.97. The van der Waals surface area contributed by atoms with Gasteiger partial charge in [0.05, 0.1) is 11.9 Å². The molecule has 0 atom stereocenters. The number of benzene rings is 2. The van der Waals surface area contributed by atoms with Crippen LogP contribution in [0.15, 0.2) is 48.5 Å². The Morgan fingerprint density at radius 2 is 0.815 bits per heavy atom. The van der Waals surface area contributed by atoms with Crippen LogP contribution in [0.25, 0.3) is 0 Å². The summed E-state index contributed by atoms with van der Waals surface area (Å²) in [6.45, 7) is 12.5. The molecule has 2 aromatic rings. The number of rotatable bonds is 2. The van der Waals surface area contributed by atoms with Crippen molar-refractivity contribution in [2.75, 3.05) is 0 Å². The van der Waals surface area contributed by atoms with E-state index in [1.165, 1.54) is 0 Å². The van der Waals surface area contributed by atoms with Crippen LogP contribution in [0.4, 0.5) is 0 Å². The Balaban J connectivity index is 0.000000483. The Labute approximate surface area is 172 Å². The van der Waals surface area contributed by atoms with Crippen LogP contribution in [0.2, 0.25) is 0 Å². The van der Waals surface area contributed by atoms with Gasteiger partial charge in [-0.2, -0.15) is 0 Å². The van der Waals surface area contributed by atoms with Gasteiger partial charge >= 0.3 is 17.1 Å².